The van der Waals surface area contributed by atoms with Crippen molar-refractivity contribution in [3.8, 4) is 0 Å². The Kier molecular flexibility index (Phi) is 5.16. The van der Waals surface area contributed by atoms with Crippen molar-refractivity contribution in [3.63, 3.8) is 0 Å². The average Bonchev–Trinajstić information content (AvgIpc) is 3.31. The lowest BCUT2D eigenvalue weighted by Gasteiger charge is -2.08. The average molecular weight is 366 g/mol. The molecule has 1 aliphatic heterocycles. The Morgan fingerprint density at radius 1 is 1.26 bits per heavy atom. The number of carbonyl (C=O) groups excluding carboxylic acids is 1. The van der Waals surface area contributed by atoms with Gasteiger partial charge in [-0.15, -0.1) is 0 Å². The Morgan fingerprint density at radius 2 is 2.15 bits per heavy atom. The molecule has 0 spiro atoms. The third kappa shape index (κ3) is 4.34. The highest BCUT2D eigenvalue weighted by Crippen LogP contribution is 2.20. The Morgan fingerprint density at radius 3 is 2.96 bits per heavy atom. The van der Waals surface area contributed by atoms with Gasteiger partial charge in [-0.05, 0) is 61.7 Å². The van der Waals surface area contributed by atoms with Crippen molar-refractivity contribution in [1.29, 1.82) is 0 Å². The number of nitrogens with one attached hydrogen (secondary N) is 3. The van der Waals surface area contributed by atoms with Crippen LogP contribution < -0.4 is 10.6 Å². The standard InChI is InChI=1S/C21H23FN4O/c22-17-4-2-1-3-15(17)11-20-25-18-7-6-16(12-19(18)26-20)24-21(27)8-5-14-9-10-23-13-14/h1-4,6-7,12,14,23H,5,8-11,13H2,(H,24,27)(H,25,26). The van der Waals surface area contributed by atoms with Crippen LogP contribution in [0.15, 0.2) is 42.5 Å². The number of anilines is 1. The third-order valence-electron chi connectivity index (χ3n) is 5.07. The van der Waals surface area contributed by atoms with Crippen molar-refractivity contribution in [1.82, 2.24) is 15.3 Å². The first kappa shape index (κ1) is 17.7. The molecule has 1 atom stereocenters. The molecule has 2 aromatic carbocycles. The molecule has 1 aliphatic rings. The van der Waals surface area contributed by atoms with Crippen LogP contribution in [0.2, 0.25) is 0 Å². The molecule has 0 radical (unpaired) electrons. The van der Waals surface area contributed by atoms with Gasteiger partial charge >= 0.3 is 0 Å². The van der Waals surface area contributed by atoms with Crippen molar-refractivity contribution in [2.45, 2.75) is 25.7 Å². The van der Waals surface area contributed by atoms with E-state index in [1.54, 1.807) is 12.1 Å². The number of nitrogens with zero attached hydrogens (tertiary/aromatic N) is 1. The van der Waals surface area contributed by atoms with E-state index >= 15 is 0 Å². The Hall–Kier alpha value is -2.73. The minimum Gasteiger partial charge on any atom is -0.342 e. The van der Waals surface area contributed by atoms with Crippen LogP contribution in [0.25, 0.3) is 11.0 Å². The summed E-state index contributed by atoms with van der Waals surface area (Å²) in [5.74, 6) is 1.11. The number of carbonyl (C=O) groups is 1. The second-order valence-electron chi connectivity index (χ2n) is 7.13. The van der Waals surface area contributed by atoms with Gasteiger partial charge in [0, 0.05) is 18.5 Å². The summed E-state index contributed by atoms with van der Waals surface area (Å²) in [5, 5.41) is 6.28. The molecule has 1 saturated heterocycles. The first-order chi connectivity index (χ1) is 13.2. The number of fused-ring (bicyclic) bond motifs is 1. The van der Waals surface area contributed by atoms with Crippen LogP contribution in [0, 0.1) is 11.7 Å². The van der Waals surface area contributed by atoms with Gasteiger partial charge in [0.15, 0.2) is 0 Å². The van der Waals surface area contributed by atoms with Crippen LogP contribution in [-0.4, -0.2) is 29.0 Å². The second kappa shape index (κ2) is 7.88. The number of imidazole rings is 1. The summed E-state index contributed by atoms with van der Waals surface area (Å²) in [6, 6.07) is 12.3. The summed E-state index contributed by atoms with van der Waals surface area (Å²) in [7, 11) is 0. The molecule has 0 saturated carbocycles. The summed E-state index contributed by atoms with van der Waals surface area (Å²) in [6.07, 6.45) is 3.00. The minimum absolute atomic E-state index is 0.0346. The number of hydrogen-bond donors (Lipinski definition) is 3. The molecule has 1 aromatic heterocycles. The minimum atomic E-state index is -0.233. The number of amides is 1. The maximum atomic E-state index is 13.8. The highest BCUT2D eigenvalue weighted by Gasteiger charge is 2.16. The predicted octanol–water partition coefficient (Wildman–Crippen LogP) is 3.62. The summed E-state index contributed by atoms with van der Waals surface area (Å²) < 4.78 is 13.8. The monoisotopic (exact) mass is 366 g/mol. The van der Waals surface area contributed by atoms with Gasteiger partial charge in [0.1, 0.15) is 11.6 Å². The molecule has 1 unspecified atom stereocenters. The zero-order valence-corrected chi connectivity index (χ0v) is 15.1. The molecule has 27 heavy (non-hydrogen) atoms. The van der Waals surface area contributed by atoms with Crippen molar-refractivity contribution < 1.29 is 9.18 Å². The molecule has 3 aromatic rings. The van der Waals surface area contributed by atoms with Gasteiger partial charge in [-0.3, -0.25) is 4.79 Å². The van der Waals surface area contributed by atoms with Gasteiger partial charge < -0.3 is 15.6 Å². The van der Waals surface area contributed by atoms with Gasteiger partial charge in [-0.25, -0.2) is 9.37 Å². The number of benzene rings is 2. The van der Waals surface area contributed by atoms with Gasteiger partial charge in [-0.1, -0.05) is 18.2 Å². The number of aromatic nitrogens is 2. The fourth-order valence-corrected chi connectivity index (χ4v) is 3.57. The van der Waals surface area contributed by atoms with Crippen molar-refractivity contribution in [2.75, 3.05) is 18.4 Å². The number of rotatable bonds is 6. The molecule has 4 rings (SSSR count). The summed E-state index contributed by atoms with van der Waals surface area (Å²) >= 11 is 0. The van der Waals surface area contributed by atoms with E-state index in [0.717, 1.165) is 42.7 Å². The van der Waals surface area contributed by atoms with Crippen LogP contribution in [0.5, 0.6) is 0 Å². The highest BCUT2D eigenvalue weighted by atomic mass is 19.1. The fourth-order valence-electron chi connectivity index (χ4n) is 3.57. The zero-order valence-electron chi connectivity index (χ0n) is 15.1. The Bertz CT molecular complexity index is 946. The van der Waals surface area contributed by atoms with E-state index in [1.165, 1.54) is 6.07 Å². The van der Waals surface area contributed by atoms with E-state index in [2.05, 4.69) is 20.6 Å². The molecule has 1 amide bonds. The molecular weight excluding hydrogens is 343 g/mol. The quantitative estimate of drug-likeness (QED) is 0.624. The van der Waals surface area contributed by atoms with Crippen molar-refractivity contribution >= 4 is 22.6 Å². The molecule has 0 aliphatic carbocycles. The van der Waals surface area contributed by atoms with Gasteiger partial charge in [0.05, 0.1) is 11.0 Å². The normalized spacial score (nSPS) is 16.7. The van der Waals surface area contributed by atoms with E-state index in [4.69, 9.17) is 0 Å². The summed E-state index contributed by atoms with van der Waals surface area (Å²) in [6.45, 7) is 2.07. The zero-order chi connectivity index (χ0) is 18.6. The van der Waals surface area contributed by atoms with E-state index in [0.29, 0.717) is 30.1 Å². The Balaban J connectivity index is 1.41. The van der Waals surface area contributed by atoms with Crippen LogP contribution in [0.4, 0.5) is 10.1 Å². The second-order valence-corrected chi connectivity index (χ2v) is 7.13. The third-order valence-corrected chi connectivity index (χ3v) is 5.07. The van der Waals surface area contributed by atoms with E-state index in [-0.39, 0.29) is 11.7 Å². The van der Waals surface area contributed by atoms with Crippen LogP contribution in [-0.2, 0) is 11.2 Å². The number of halogens is 1. The molecule has 1 fully saturated rings. The van der Waals surface area contributed by atoms with Crippen molar-refractivity contribution in [3.05, 3.63) is 59.7 Å². The first-order valence-corrected chi connectivity index (χ1v) is 9.40. The molecule has 6 heteroatoms. The molecule has 5 nitrogen and oxygen atoms in total. The lowest BCUT2D eigenvalue weighted by atomic mass is 10.0. The summed E-state index contributed by atoms with van der Waals surface area (Å²) in [5.41, 5.74) is 2.99. The smallest absolute Gasteiger partial charge is 0.224 e. The first-order valence-electron chi connectivity index (χ1n) is 9.40. The molecule has 3 N–H and O–H groups in total. The molecular formula is C21H23FN4O. The van der Waals surface area contributed by atoms with Gasteiger partial charge in [-0.2, -0.15) is 0 Å². The maximum Gasteiger partial charge on any atom is 0.224 e. The number of hydrogen-bond acceptors (Lipinski definition) is 3. The van der Waals surface area contributed by atoms with Crippen LogP contribution in [0.3, 0.4) is 0 Å². The predicted molar refractivity (Wildman–Crippen MR) is 104 cm³/mol. The van der Waals surface area contributed by atoms with Crippen LogP contribution >= 0.6 is 0 Å². The highest BCUT2D eigenvalue weighted by molar-refractivity contribution is 5.93. The SMILES string of the molecule is O=C(CCC1CCNC1)Nc1ccc2nc(Cc3ccccc3F)[nH]c2c1. The van der Waals surface area contributed by atoms with Crippen LogP contribution in [0.1, 0.15) is 30.7 Å². The number of H-pyrrole nitrogens is 1. The topological polar surface area (TPSA) is 69.8 Å². The summed E-state index contributed by atoms with van der Waals surface area (Å²) in [4.78, 5) is 19.9. The molecule has 2 heterocycles. The lowest BCUT2D eigenvalue weighted by Crippen LogP contribution is -2.14. The number of aromatic amines is 1. The molecule has 0 bridgehead atoms. The van der Waals surface area contributed by atoms with E-state index in [1.807, 2.05) is 24.3 Å². The largest absolute Gasteiger partial charge is 0.342 e. The maximum absolute atomic E-state index is 13.8. The van der Waals surface area contributed by atoms with Crippen molar-refractivity contribution in [2.24, 2.45) is 5.92 Å². The lowest BCUT2D eigenvalue weighted by molar-refractivity contribution is -0.116. The molecule has 140 valence electrons. The van der Waals surface area contributed by atoms with E-state index in [9.17, 15) is 9.18 Å². The van der Waals surface area contributed by atoms with E-state index < -0.39 is 0 Å². The fraction of sp³-hybridized carbons (Fsp3) is 0.333. The Labute approximate surface area is 157 Å². The van der Waals surface area contributed by atoms with Gasteiger partial charge in [0.2, 0.25) is 5.91 Å². The van der Waals surface area contributed by atoms with Gasteiger partial charge in [0.25, 0.3) is 0 Å².